The van der Waals surface area contributed by atoms with Crippen LogP contribution in [0.15, 0.2) is 54.9 Å². The van der Waals surface area contributed by atoms with Gasteiger partial charge in [0.1, 0.15) is 11.5 Å². The minimum atomic E-state index is -3.02. The van der Waals surface area contributed by atoms with E-state index in [4.69, 9.17) is 17.3 Å². The first-order valence-corrected chi connectivity index (χ1v) is 22.3. The summed E-state index contributed by atoms with van der Waals surface area (Å²) in [6, 6.07) is 10.8. The smallest absolute Gasteiger partial charge is 0.328 e. The van der Waals surface area contributed by atoms with Crippen LogP contribution in [-0.2, 0) is 17.8 Å². The minimum absolute atomic E-state index is 0.0913. The first-order chi connectivity index (χ1) is 31.1. The molecule has 4 aliphatic heterocycles. The van der Waals surface area contributed by atoms with Gasteiger partial charge in [-0.2, -0.15) is 0 Å². The maximum atomic E-state index is 16.2. The second-order valence-corrected chi connectivity index (χ2v) is 17.9. The summed E-state index contributed by atoms with van der Waals surface area (Å²) >= 11 is 6.54. The predicted octanol–water partition coefficient (Wildman–Crippen LogP) is 7.11. The molecule has 5 aromatic rings. The van der Waals surface area contributed by atoms with Crippen LogP contribution in [0.2, 0.25) is 5.02 Å². The Hall–Kier alpha value is -6.27. The molecule has 3 aromatic heterocycles. The molecular weight excluding hydrogens is 863 g/mol. The van der Waals surface area contributed by atoms with E-state index in [1.807, 2.05) is 11.0 Å². The molecular formula is C46H49ClF3N11O4. The van der Waals surface area contributed by atoms with E-state index in [1.54, 1.807) is 48.2 Å². The number of carbonyl (C=O) groups excluding carboxylic acids is 4. The standard InChI is InChI=1S/C43H43ClF3N11O4.C3H6/c1-24-15-26(16-33(37(24)44)57-11-6-36(59)52-41(57)62)40(61)55-13-8-42(9-14-55)7-12-54(23-43(42,46)47)22-25-3-4-30(50-20-25)29-17-27(45)18-32-28(29)5-10-56(32)35-19-31(49-2)39-51-21-34(38(48)60)58(39)53-35;1-2-3-1/h3-4,15-21,49H,5-14,22-23H2,1-2H3,(H2,48,60)(H,52,59,62);1-3H2. The molecule has 1 saturated carbocycles. The molecule has 1 aliphatic carbocycles. The number of hydrogen-bond acceptors (Lipinski definition) is 10. The molecule has 0 atom stereocenters. The van der Waals surface area contributed by atoms with Crippen LogP contribution in [0.4, 0.5) is 40.8 Å². The minimum Gasteiger partial charge on any atom is -0.385 e. The van der Waals surface area contributed by atoms with Gasteiger partial charge in [0.05, 0.1) is 34.8 Å². The molecule has 0 radical (unpaired) electrons. The molecule has 15 nitrogen and oxygen atoms in total. The van der Waals surface area contributed by atoms with E-state index < -0.39 is 41.5 Å². The van der Waals surface area contributed by atoms with Crippen LogP contribution in [0.25, 0.3) is 16.9 Å². The van der Waals surface area contributed by atoms with E-state index in [9.17, 15) is 19.2 Å². The van der Waals surface area contributed by atoms with E-state index in [-0.39, 0.29) is 68.5 Å². The molecule has 4 fully saturated rings. The van der Waals surface area contributed by atoms with Gasteiger partial charge in [0, 0.05) is 80.7 Å². The van der Waals surface area contributed by atoms with Crippen molar-refractivity contribution in [1.29, 1.82) is 0 Å². The topological polar surface area (TPSA) is 174 Å². The van der Waals surface area contributed by atoms with Crippen LogP contribution >= 0.6 is 11.6 Å². The SMILES string of the molecule is C1CC1.CNc1cc(N2CCc3c(-c4ccc(CN5CCC6(CCN(C(=O)c7cc(C)c(Cl)c(N8CCC(=O)NC8=O)c7)CC6)C(F)(F)C5)cn4)cc(F)cc32)nn2c(C(N)=O)cnc12. The Balaban J connectivity index is 0.00000171. The molecule has 1 spiro atoms. The molecule has 10 rings (SSSR count). The number of imide groups is 1. The van der Waals surface area contributed by atoms with Gasteiger partial charge in [-0.1, -0.05) is 36.9 Å². The fraction of sp³-hybridized carbons (Fsp3) is 0.413. The van der Waals surface area contributed by atoms with E-state index in [0.29, 0.717) is 70.4 Å². The molecule has 5 aliphatic rings. The highest BCUT2D eigenvalue weighted by Crippen LogP contribution is 2.51. The first-order valence-electron chi connectivity index (χ1n) is 21.9. The van der Waals surface area contributed by atoms with Crippen molar-refractivity contribution in [1.82, 2.24) is 34.7 Å². The lowest BCUT2D eigenvalue weighted by Crippen LogP contribution is -2.59. The number of rotatable bonds is 8. The van der Waals surface area contributed by atoms with Gasteiger partial charge in [-0.3, -0.25) is 34.5 Å². The zero-order valence-corrected chi connectivity index (χ0v) is 36.9. The molecule has 5 amide bonds. The van der Waals surface area contributed by atoms with E-state index in [0.717, 1.165) is 11.1 Å². The predicted molar refractivity (Wildman–Crippen MR) is 239 cm³/mol. The average molecular weight is 912 g/mol. The molecule has 3 saturated heterocycles. The fourth-order valence-electron chi connectivity index (χ4n) is 9.33. The van der Waals surface area contributed by atoms with Crippen molar-refractivity contribution < 1.29 is 32.3 Å². The normalized spacial score (nSPS) is 18.9. The van der Waals surface area contributed by atoms with Crippen LogP contribution in [0.1, 0.15) is 82.5 Å². The van der Waals surface area contributed by atoms with Gasteiger partial charge in [-0.05, 0) is 86.2 Å². The fourth-order valence-corrected chi connectivity index (χ4v) is 9.54. The lowest BCUT2D eigenvalue weighted by molar-refractivity contribution is -0.186. The molecule has 7 heterocycles. The Morgan fingerprint density at radius 3 is 2.31 bits per heavy atom. The summed E-state index contributed by atoms with van der Waals surface area (Å²) in [6.45, 7) is 2.88. The number of urea groups is 1. The van der Waals surface area contributed by atoms with Gasteiger partial charge in [0.15, 0.2) is 11.5 Å². The van der Waals surface area contributed by atoms with Crippen LogP contribution in [0.3, 0.4) is 0 Å². The van der Waals surface area contributed by atoms with Crippen molar-refractivity contribution in [3.05, 3.63) is 93.6 Å². The monoisotopic (exact) mass is 911 g/mol. The molecule has 4 N–H and O–H groups in total. The Morgan fingerprint density at radius 2 is 1.65 bits per heavy atom. The van der Waals surface area contributed by atoms with Crippen LogP contribution in [-0.4, -0.2) is 105 Å². The summed E-state index contributed by atoms with van der Waals surface area (Å²) in [5.41, 5.74) is 9.99. The van der Waals surface area contributed by atoms with Crippen molar-refractivity contribution in [2.45, 2.75) is 70.8 Å². The Bertz CT molecular complexity index is 2720. The van der Waals surface area contributed by atoms with Gasteiger partial charge >= 0.3 is 6.03 Å². The molecule has 0 unspecified atom stereocenters. The number of halogens is 4. The number of fused-ring (bicyclic) bond motifs is 2. The number of primary amides is 1. The number of nitrogens with one attached hydrogen (secondary N) is 2. The quantitative estimate of drug-likeness (QED) is 0.146. The number of nitrogens with zero attached hydrogens (tertiary/aromatic N) is 8. The van der Waals surface area contributed by atoms with Crippen molar-refractivity contribution >= 4 is 63.9 Å². The Morgan fingerprint density at radius 1 is 0.908 bits per heavy atom. The number of anilines is 4. The third kappa shape index (κ3) is 8.44. The molecule has 340 valence electrons. The molecule has 2 aromatic carbocycles. The number of pyridine rings is 1. The molecule has 19 heteroatoms. The number of aromatic nitrogens is 4. The van der Waals surface area contributed by atoms with Crippen LogP contribution in [0, 0.1) is 18.2 Å². The van der Waals surface area contributed by atoms with Gasteiger partial charge in [-0.15, -0.1) is 5.10 Å². The number of alkyl halides is 2. The highest BCUT2D eigenvalue weighted by molar-refractivity contribution is 6.35. The maximum Gasteiger partial charge on any atom is 0.328 e. The second-order valence-electron chi connectivity index (χ2n) is 17.5. The van der Waals surface area contributed by atoms with E-state index in [2.05, 4.69) is 25.7 Å². The van der Waals surface area contributed by atoms with E-state index in [1.165, 1.54) is 53.1 Å². The zero-order valence-electron chi connectivity index (χ0n) is 36.1. The first kappa shape index (κ1) is 44.0. The largest absolute Gasteiger partial charge is 0.385 e. The Labute approximate surface area is 378 Å². The lowest BCUT2D eigenvalue weighted by atomic mass is 9.68. The summed E-state index contributed by atoms with van der Waals surface area (Å²) in [6.07, 6.45) is 8.70. The highest BCUT2D eigenvalue weighted by atomic mass is 35.5. The summed E-state index contributed by atoms with van der Waals surface area (Å²) < 4.78 is 49.1. The van der Waals surface area contributed by atoms with Crippen molar-refractivity contribution in [3.8, 4) is 11.3 Å². The van der Waals surface area contributed by atoms with Crippen molar-refractivity contribution in [2.24, 2.45) is 11.1 Å². The third-order valence-electron chi connectivity index (χ3n) is 13.1. The summed E-state index contributed by atoms with van der Waals surface area (Å²) in [7, 11) is 1.72. The van der Waals surface area contributed by atoms with Gasteiger partial charge in [-0.25, -0.2) is 27.5 Å². The number of amides is 5. The summed E-state index contributed by atoms with van der Waals surface area (Å²) in [4.78, 5) is 65.5. The van der Waals surface area contributed by atoms with Gasteiger partial charge in [0.2, 0.25) is 5.91 Å². The number of piperidine rings is 2. The van der Waals surface area contributed by atoms with E-state index >= 15 is 13.2 Å². The zero-order chi connectivity index (χ0) is 45.8. The molecule has 0 bridgehead atoms. The Kier molecular flexibility index (Phi) is 11.7. The summed E-state index contributed by atoms with van der Waals surface area (Å²) in [5, 5.41) is 10.3. The highest BCUT2D eigenvalue weighted by Gasteiger charge is 2.57. The number of imidazole rings is 1. The van der Waals surface area contributed by atoms with Crippen molar-refractivity contribution in [2.75, 3.05) is 61.4 Å². The second kappa shape index (κ2) is 17.3. The van der Waals surface area contributed by atoms with Crippen LogP contribution in [0.5, 0.6) is 0 Å². The summed E-state index contributed by atoms with van der Waals surface area (Å²) in [5.74, 6) is -4.43. The number of likely N-dealkylation sites (tertiary alicyclic amines) is 2. The lowest BCUT2D eigenvalue weighted by Gasteiger charge is -2.51. The maximum absolute atomic E-state index is 16.2. The van der Waals surface area contributed by atoms with Crippen LogP contribution < -0.4 is 26.2 Å². The van der Waals surface area contributed by atoms with Gasteiger partial charge in [0.25, 0.3) is 17.7 Å². The number of hydrogen-bond donors (Lipinski definition) is 3. The number of nitrogens with two attached hydrogens (primary N) is 1. The number of aryl methyl sites for hydroxylation is 1. The third-order valence-corrected chi connectivity index (χ3v) is 13.6. The number of carbonyl (C=O) groups is 4. The van der Waals surface area contributed by atoms with Gasteiger partial charge < -0.3 is 20.9 Å². The number of benzene rings is 2. The average Bonchev–Trinajstić information content (AvgIpc) is 4.01. The van der Waals surface area contributed by atoms with Crippen molar-refractivity contribution in [3.63, 3.8) is 0 Å². The molecule has 65 heavy (non-hydrogen) atoms.